The van der Waals surface area contributed by atoms with E-state index in [0.29, 0.717) is 42.7 Å². The van der Waals surface area contributed by atoms with Gasteiger partial charge in [0.2, 0.25) is 5.60 Å². The quantitative estimate of drug-likeness (QED) is 0.253. The number of aliphatic hydroxyl groups excluding tert-OH is 1. The topological polar surface area (TPSA) is 95.4 Å². The average Bonchev–Trinajstić information content (AvgIpc) is 3.56. The second-order valence-electron chi connectivity index (χ2n) is 11.8. The van der Waals surface area contributed by atoms with E-state index in [1.54, 1.807) is 19.1 Å². The Balaban J connectivity index is 1.50. The van der Waals surface area contributed by atoms with Crippen molar-refractivity contribution in [3.63, 3.8) is 0 Å². The van der Waals surface area contributed by atoms with Crippen molar-refractivity contribution in [2.45, 2.75) is 56.6 Å². The van der Waals surface area contributed by atoms with E-state index < -0.39 is 52.5 Å². The van der Waals surface area contributed by atoms with Gasteiger partial charge in [-0.15, -0.1) is 11.3 Å². The molecule has 2 aromatic heterocycles. The second-order valence-corrected chi connectivity index (χ2v) is 12.7. The lowest BCUT2D eigenvalue weighted by Crippen LogP contribution is -2.69. The van der Waals surface area contributed by atoms with Crippen LogP contribution in [0, 0.1) is 0 Å². The van der Waals surface area contributed by atoms with Crippen LogP contribution in [0.5, 0.6) is 10.8 Å². The molecule has 2 atom stereocenters. The Morgan fingerprint density at radius 1 is 1.04 bits per heavy atom. The molecule has 5 rings (SSSR count). The van der Waals surface area contributed by atoms with E-state index in [1.807, 2.05) is 17.0 Å². The Hall–Kier alpha value is -4.05. The molecule has 2 saturated heterocycles. The summed E-state index contributed by atoms with van der Waals surface area (Å²) in [6.45, 7) is 2.77. The largest absolute Gasteiger partial charge is 0.489 e. The number of anilines is 1. The van der Waals surface area contributed by atoms with Crippen LogP contribution in [0.4, 0.5) is 32.0 Å². The molecule has 2 aliphatic rings. The Kier molecular flexibility index (Phi) is 11.0. The van der Waals surface area contributed by atoms with Crippen LogP contribution in [0.15, 0.2) is 54.2 Å². The molecule has 49 heavy (non-hydrogen) atoms. The van der Waals surface area contributed by atoms with Crippen molar-refractivity contribution in [2.75, 3.05) is 50.8 Å². The normalized spacial score (nSPS) is 20.3. The molecule has 2 aliphatic heterocycles. The van der Waals surface area contributed by atoms with E-state index in [1.165, 1.54) is 9.80 Å². The lowest BCUT2D eigenvalue weighted by Gasteiger charge is -2.50. The summed E-state index contributed by atoms with van der Waals surface area (Å²) in [5.41, 5.74) is -3.97. The zero-order valence-electron chi connectivity index (χ0n) is 26.6. The summed E-state index contributed by atoms with van der Waals surface area (Å²) in [6, 6.07) is 7.63. The number of amides is 2. The number of hydrogen-bond donors (Lipinski definition) is 1. The van der Waals surface area contributed by atoms with Gasteiger partial charge in [0.1, 0.15) is 12.4 Å². The molecule has 0 bridgehead atoms. The van der Waals surface area contributed by atoms with Crippen LogP contribution in [0.25, 0.3) is 0 Å². The fourth-order valence-corrected chi connectivity index (χ4v) is 7.32. The van der Waals surface area contributed by atoms with E-state index in [0.717, 1.165) is 29.5 Å². The first-order valence-corrected chi connectivity index (χ1v) is 16.7. The first kappa shape index (κ1) is 36.2. The van der Waals surface area contributed by atoms with Crippen molar-refractivity contribution in [3.05, 3.63) is 70.9 Å². The van der Waals surface area contributed by atoms with Gasteiger partial charge in [-0.3, -0.25) is 14.6 Å². The van der Waals surface area contributed by atoms with Gasteiger partial charge in [-0.1, -0.05) is 25.5 Å². The van der Waals surface area contributed by atoms with Crippen LogP contribution in [0.3, 0.4) is 0 Å². The zero-order valence-corrected chi connectivity index (χ0v) is 27.4. The summed E-state index contributed by atoms with van der Waals surface area (Å²) < 4.78 is 94.7. The van der Waals surface area contributed by atoms with Crippen LogP contribution in [0.1, 0.15) is 54.1 Å². The number of thiophene rings is 1. The number of piperazine rings is 1. The van der Waals surface area contributed by atoms with E-state index in [-0.39, 0.29) is 57.2 Å². The first-order chi connectivity index (χ1) is 23.3. The molecule has 0 saturated carbocycles. The summed E-state index contributed by atoms with van der Waals surface area (Å²) in [4.78, 5) is 37.2. The molecule has 2 amide bonds. The van der Waals surface area contributed by atoms with Gasteiger partial charge in [0, 0.05) is 63.0 Å². The third-order valence-corrected chi connectivity index (χ3v) is 9.52. The van der Waals surface area contributed by atoms with Gasteiger partial charge in [0.05, 0.1) is 35.0 Å². The zero-order chi connectivity index (χ0) is 35.4. The summed E-state index contributed by atoms with van der Waals surface area (Å²) in [5, 5.41) is 9.90. The average molecular weight is 715 g/mol. The van der Waals surface area contributed by atoms with E-state index in [2.05, 4.69) is 4.98 Å². The van der Waals surface area contributed by atoms with Gasteiger partial charge < -0.3 is 29.3 Å². The molecule has 266 valence electrons. The van der Waals surface area contributed by atoms with Crippen molar-refractivity contribution in [2.24, 2.45) is 0 Å². The van der Waals surface area contributed by atoms with Crippen LogP contribution in [-0.4, -0.2) is 89.3 Å². The number of ether oxygens (including phenoxy) is 2. The molecule has 0 spiro atoms. The fraction of sp³-hybridized carbons (Fsp3) is 0.485. The van der Waals surface area contributed by atoms with Crippen LogP contribution in [0.2, 0.25) is 0 Å². The third kappa shape index (κ3) is 7.74. The molecule has 0 aliphatic carbocycles. The number of alkyl halides is 6. The number of aliphatic hydroxyl groups is 1. The van der Waals surface area contributed by atoms with Gasteiger partial charge >= 0.3 is 12.4 Å². The van der Waals surface area contributed by atoms with Crippen molar-refractivity contribution in [3.8, 4) is 10.8 Å². The summed E-state index contributed by atoms with van der Waals surface area (Å²) in [7, 11) is 0. The van der Waals surface area contributed by atoms with Crippen LogP contribution in [-0.2, 0) is 17.1 Å². The predicted octanol–water partition coefficient (Wildman–Crippen LogP) is 6.12. The standard InChI is InChI=1S/C33H36F6N4O5S/c1-2-6-27-31(48-28-19-22(21-49-28)32(34,35)36,10-5-12-43(27)29(45)23-20-40-11-9-24(23)33(37,38)39)30(46)42-15-13-41(14-16-42)25-7-3-4-8-26(25)47-18-17-44/h3-4,7-9,11,19-21,27,44H,2,5-6,10,12-18H2,1H3/t27-,31+/m0/s1. The first-order valence-electron chi connectivity index (χ1n) is 15.8. The fourth-order valence-electron chi connectivity index (χ4n) is 6.48. The van der Waals surface area contributed by atoms with Gasteiger partial charge in [-0.25, -0.2) is 0 Å². The SMILES string of the molecule is CCC[C@@H]1N(C(=O)c2cnccc2C(F)(F)F)CCC[C@]1(Oc1cc(C(F)(F)F)cs1)C(=O)N1CCN(c2ccccc2OCCO)CC1. The summed E-state index contributed by atoms with van der Waals surface area (Å²) in [5.74, 6) is -1.00. The lowest BCUT2D eigenvalue weighted by atomic mass is 9.79. The molecule has 2 fully saturated rings. The predicted molar refractivity (Wildman–Crippen MR) is 169 cm³/mol. The maximum atomic E-state index is 14.7. The van der Waals surface area contributed by atoms with Crippen molar-refractivity contribution in [1.82, 2.24) is 14.8 Å². The highest BCUT2D eigenvalue weighted by atomic mass is 32.1. The number of pyridine rings is 1. The van der Waals surface area contributed by atoms with Crippen LogP contribution >= 0.6 is 11.3 Å². The molecule has 0 unspecified atom stereocenters. The molecule has 16 heteroatoms. The number of likely N-dealkylation sites (tertiary alicyclic amines) is 1. The van der Waals surface area contributed by atoms with Gasteiger partial charge in [-0.05, 0) is 31.0 Å². The minimum atomic E-state index is -4.86. The number of carbonyl (C=O) groups is 2. The van der Waals surface area contributed by atoms with E-state index in [4.69, 9.17) is 9.47 Å². The Labute approximate surface area is 283 Å². The van der Waals surface area contributed by atoms with Gasteiger partial charge in [0.15, 0.2) is 5.06 Å². The Bertz CT molecular complexity index is 1610. The number of benzene rings is 1. The molecule has 1 N–H and O–H groups in total. The number of nitrogens with zero attached hydrogens (tertiary/aromatic N) is 4. The second kappa shape index (κ2) is 14.8. The van der Waals surface area contributed by atoms with E-state index in [9.17, 15) is 41.0 Å². The smallest absolute Gasteiger partial charge is 0.417 e. The third-order valence-electron chi connectivity index (χ3n) is 8.71. The molecule has 3 aromatic rings. The molecule has 0 radical (unpaired) electrons. The van der Waals surface area contributed by atoms with Crippen molar-refractivity contribution >= 4 is 28.8 Å². The van der Waals surface area contributed by atoms with Crippen LogP contribution < -0.4 is 14.4 Å². The monoisotopic (exact) mass is 714 g/mol. The number of hydrogen-bond acceptors (Lipinski definition) is 8. The Morgan fingerprint density at radius 2 is 1.78 bits per heavy atom. The number of para-hydroxylation sites is 2. The van der Waals surface area contributed by atoms with Crippen molar-refractivity contribution in [1.29, 1.82) is 0 Å². The molecule has 4 heterocycles. The highest BCUT2D eigenvalue weighted by Crippen LogP contribution is 2.43. The molecular formula is C33H36F6N4O5S. The molecule has 1 aromatic carbocycles. The molecular weight excluding hydrogens is 678 g/mol. The van der Waals surface area contributed by atoms with Gasteiger partial charge in [0.25, 0.3) is 11.8 Å². The number of aromatic nitrogens is 1. The highest BCUT2D eigenvalue weighted by Gasteiger charge is 2.56. The van der Waals surface area contributed by atoms with Gasteiger partial charge in [-0.2, -0.15) is 26.3 Å². The van der Waals surface area contributed by atoms with Crippen molar-refractivity contribution < 1.29 is 50.5 Å². The number of piperidine rings is 1. The molecule has 9 nitrogen and oxygen atoms in total. The summed E-state index contributed by atoms with van der Waals surface area (Å²) >= 11 is 0.655. The van der Waals surface area contributed by atoms with E-state index >= 15 is 0 Å². The minimum Gasteiger partial charge on any atom is -0.489 e. The number of carbonyl (C=O) groups excluding carboxylic acids is 2. The number of halogens is 6. The minimum absolute atomic E-state index is 0.00469. The lowest BCUT2D eigenvalue weighted by molar-refractivity contribution is -0.159. The maximum absolute atomic E-state index is 14.7. The highest BCUT2D eigenvalue weighted by molar-refractivity contribution is 7.12. The Morgan fingerprint density at radius 3 is 2.43 bits per heavy atom. The maximum Gasteiger partial charge on any atom is 0.417 e. The number of rotatable bonds is 10. The summed E-state index contributed by atoms with van der Waals surface area (Å²) in [6.07, 6.45) is -7.07.